The Bertz CT molecular complexity index is 752. The van der Waals surface area contributed by atoms with Crippen molar-refractivity contribution < 1.29 is 18.7 Å². The highest BCUT2D eigenvalue weighted by molar-refractivity contribution is 6.39. The maximum absolute atomic E-state index is 12.0. The number of furan rings is 1. The molecule has 3 rings (SSSR count). The number of likely N-dealkylation sites (tertiary alicyclic amines) is 1. The number of carbonyl (C=O) groups excluding carboxylic acids is 2. The number of carbonyl (C=O) groups is 2. The molecule has 0 aliphatic carbocycles. The minimum absolute atomic E-state index is 0.381. The van der Waals surface area contributed by atoms with Crippen LogP contribution < -0.4 is 15.4 Å². The Balaban J connectivity index is 1.38. The van der Waals surface area contributed by atoms with Crippen LogP contribution in [0.2, 0.25) is 0 Å². The lowest BCUT2D eigenvalue weighted by Gasteiger charge is -2.31. The van der Waals surface area contributed by atoms with E-state index in [1.54, 1.807) is 37.6 Å². The van der Waals surface area contributed by atoms with E-state index in [9.17, 15) is 9.59 Å². The monoisotopic (exact) mass is 371 g/mol. The van der Waals surface area contributed by atoms with Crippen LogP contribution in [0, 0.1) is 5.92 Å². The van der Waals surface area contributed by atoms with E-state index in [0.717, 1.165) is 38.2 Å². The molecular weight excluding hydrogens is 346 g/mol. The Morgan fingerprint density at radius 2 is 2.00 bits per heavy atom. The number of rotatable bonds is 6. The van der Waals surface area contributed by atoms with Crippen LogP contribution in [0.15, 0.2) is 47.1 Å². The van der Waals surface area contributed by atoms with Crippen molar-refractivity contribution in [3.05, 3.63) is 48.4 Å². The molecule has 2 heterocycles. The van der Waals surface area contributed by atoms with Crippen molar-refractivity contribution in [3.63, 3.8) is 0 Å². The summed E-state index contributed by atoms with van der Waals surface area (Å²) >= 11 is 0. The number of hydrogen-bond donors (Lipinski definition) is 2. The van der Waals surface area contributed by atoms with E-state index in [4.69, 9.17) is 9.15 Å². The molecule has 0 unspecified atom stereocenters. The van der Waals surface area contributed by atoms with Gasteiger partial charge < -0.3 is 19.8 Å². The van der Waals surface area contributed by atoms with Gasteiger partial charge in [0.15, 0.2) is 0 Å². The molecule has 0 bridgehead atoms. The average molecular weight is 371 g/mol. The topological polar surface area (TPSA) is 83.8 Å². The summed E-state index contributed by atoms with van der Waals surface area (Å²) in [7, 11) is 1.55. The maximum atomic E-state index is 12.0. The molecule has 0 saturated carbocycles. The zero-order valence-corrected chi connectivity index (χ0v) is 15.4. The molecule has 7 nitrogen and oxygen atoms in total. The van der Waals surface area contributed by atoms with Crippen LogP contribution in [0.1, 0.15) is 18.6 Å². The minimum atomic E-state index is -0.668. The third-order valence-electron chi connectivity index (χ3n) is 4.75. The van der Waals surface area contributed by atoms with Crippen LogP contribution in [-0.4, -0.2) is 43.5 Å². The number of anilines is 1. The molecule has 27 heavy (non-hydrogen) atoms. The average Bonchev–Trinajstić information content (AvgIpc) is 3.20. The van der Waals surface area contributed by atoms with E-state index >= 15 is 0 Å². The molecule has 0 radical (unpaired) electrons. The number of nitrogens with one attached hydrogen (secondary N) is 2. The fourth-order valence-electron chi connectivity index (χ4n) is 3.18. The number of ether oxygens (including phenoxy) is 1. The quantitative estimate of drug-likeness (QED) is 0.761. The molecule has 1 aromatic carbocycles. The first-order valence-electron chi connectivity index (χ1n) is 9.12. The molecule has 1 saturated heterocycles. The predicted octanol–water partition coefficient (Wildman–Crippen LogP) is 2.26. The van der Waals surface area contributed by atoms with E-state index < -0.39 is 11.8 Å². The van der Waals surface area contributed by atoms with Crippen molar-refractivity contribution in [1.29, 1.82) is 0 Å². The summed E-state index contributed by atoms with van der Waals surface area (Å²) in [5.41, 5.74) is 0.528. The van der Waals surface area contributed by atoms with Crippen LogP contribution in [-0.2, 0) is 16.1 Å². The molecule has 0 spiro atoms. The Morgan fingerprint density at radius 1 is 1.19 bits per heavy atom. The molecule has 1 aromatic heterocycles. The van der Waals surface area contributed by atoms with Crippen molar-refractivity contribution in [1.82, 2.24) is 10.2 Å². The third-order valence-corrected chi connectivity index (χ3v) is 4.75. The molecule has 0 atom stereocenters. The zero-order valence-electron chi connectivity index (χ0n) is 15.4. The first-order valence-corrected chi connectivity index (χ1v) is 9.12. The van der Waals surface area contributed by atoms with Gasteiger partial charge in [0.1, 0.15) is 11.5 Å². The second-order valence-corrected chi connectivity index (χ2v) is 6.69. The maximum Gasteiger partial charge on any atom is 0.313 e. The van der Waals surface area contributed by atoms with E-state index in [2.05, 4.69) is 15.5 Å². The first kappa shape index (κ1) is 19.0. The summed E-state index contributed by atoms with van der Waals surface area (Å²) in [6.45, 7) is 3.24. The van der Waals surface area contributed by atoms with Gasteiger partial charge in [-0.3, -0.25) is 14.5 Å². The van der Waals surface area contributed by atoms with Gasteiger partial charge in [-0.1, -0.05) is 6.07 Å². The van der Waals surface area contributed by atoms with Crippen molar-refractivity contribution in [2.45, 2.75) is 19.4 Å². The summed E-state index contributed by atoms with van der Waals surface area (Å²) in [6, 6.07) is 10.8. The van der Waals surface area contributed by atoms with Crippen LogP contribution in [0.25, 0.3) is 0 Å². The molecule has 2 amide bonds. The van der Waals surface area contributed by atoms with E-state index in [1.807, 2.05) is 12.1 Å². The molecule has 2 N–H and O–H groups in total. The second-order valence-electron chi connectivity index (χ2n) is 6.69. The molecular formula is C20H25N3O4. The fraction of sp³-hybridized carbons (Fsp3) is 0.400. The lowest BCUT2D eigenvalue weighted by molar-refractivity contribution is -0.136. The lowest BCUT2D eigenvalue weighted by Crippen LogP contribution is -2.41. The Hall–Kier alpha value is -2.80. The summed E-state index contributed by atoms with van der Waals surface area (Å²) < 4.78 is 10.5. The standard InChI is InChI=1S/C20H25N3O4/c1-26-17-5-2-4-16(12-17)22-20(25)19(24)21-13-15-7-9-23(10-8-15)14-18-6-3-11-27-18/h2-6,11-12,15H,7-10,13-14H2,1H3,(H,21,24)(H,22,25). The van der Waals surface area contributed by atoms with E-state index in [0.29, 0.717) is 23.9 Å². The number of methoxy groups -OCH3 is 1. The predicted molar refractivity (Wildman–Crippen MR) is 101 cm³/mol. The van der Waals surface area contributed by atoms with Gasteiger partial charge >= 0.3 is 11.8 Å². The van der Waals surface area contributed by atoms with Crippen molar-refractivity contribution >= 4 is 17.5 Å². The van der Waals surface area contributed by atoms with E-state index in [1.165, 1.54) is 0 Å². The molecule has 1 aliphatic rings. The van der Waals surface area contributed by atoms with Gasteiger partial charge in [-0.2, -0.15) is 0 Å². The smallest absolute Gasteiger partial charge is 0.313 e. The Kier molecular flexibility index (Phi) is 6.49. The van der Waals surface area contributed by atoms with Crippen LogP contribution in [0.5, 0.6) is 5.75 Å². The second kappa shape index (κ2) is 9.23. The largest absolute Gasteiger partial charge is 0.497 e. The molecule has 144 valence electrons. The number of benzene rings is 1. The number of piperidine rings is 1. The highest BCUT2D eigenvalue weighted by Gasteiger charge is 2.22. The molecule has 1 aliphatic heterocycles. The zero-order chi connectivity index (χ0) is 19.1. The molecule has 1 fully saturated rings. The lowest BCUT2D eigenvalue weighted by atomic mass is 9.96. The van der Waals surface area contributed by atoms with Crippen molar-refractivity contribution in [2.75, 3.05) is 32.1 Å². The van der Waals surface area contributed by atoms with Crippen molar-refractivity contribution in [2.24, 2.45) is 5.92 Å². The van der Waals surface area contributed by atoms with Gasteiger partial charge in [-0.05, 0) is 56.1 Å². The van der Waals surface area contributed by atoms with E-state index in [-0.39, 0.29) is 0 Å². The van der Waals surface area contributed by atoms with Gasteiger partial charge in [-0.25, -0.2) is 0 Å². The van der Waals surface area contributed by atoms with Crippen LogP contribution in [0.4, 0.5) is 5.69 Å². The fourth-order valence-corrected chi connectivity index (χ4v) is 3.18. The Labute approximate surface area is 158 Å². The number of nitrogens with zero attached hydrogens (tertiary/aromatic N) is 1. The highest BCUT2D eigenvalue weighted by Crippen LogP contribution is 2.19. The van der Waals surface area contributed by atoms with Gasteiger partial charge in [0.25, 0.3) is 0 Å². The van der Waals surface area contributed by atoms with Gasteiger partial charge in [0.05, 0.1) is 19.9 Å². The first-order chi connectivity index (χ1) is 13.1. The molecule has 7 heteroatoms. The Morgan fingerprint density at radius 3 is 2.70 bits per heavy atom. The highest BCUT2D eigenvalue weighted by atomic mass is 16.5. The summed E-state index contributed by atoms with van der Waals surface area (Å²) in [4.78, 5) is 26.4. The number of amides is 2. The SMILES string of the molecule is COc1cccc(NC(=O)C(=O)NCC2CCN(Cc3ccco3)CC2)c1. The van der Waals surface area contributed by atoms with Crippen molar-refractivity contribution in [3.8, 4) is 5.75 Å². The third kappa shape index (κ3) is 5.59. The summed E-state index contributed by atoms with van der Waals surface area (Å²) in [5.74, 6) is 0.686. The van der Waals surface area contributed by atoms with Gasteiger partial charge in [0, 0.05) is 18.3 Å². The normalized spacial score (nSPS) is 15.3. The van der Waals surface area contributed by atoms with Gasteiger partial charge in [0.2, 0.25) is 0 Å². The number of hydrogen-bond acceptors (Lipinski definition) is 5. The minimum Gasteiger partial charge on any atom is -0.497 e. The van der Waals surface area contributed by atoms with Gasteiger partial charge in [-0.15, -0.1) is 0 Å². The molecule has 2 aromatic rings. The summed E-state index contributed by atoms with van der Waals surface area (Å²) in [6.07, 6.45) is 3.66. The van der Waals surface area contributed by atoms with Crippen LogP contribution >= 0.6 is 0 Å². The van der Waals surface area contributed by atoms with Crippen LogP contribution in [0.3, 0.4) is 0 Å². The summed E-state index contributed by atoms with van der Waals surface area (Å²) in [5, 5.41) is 5.33.